The molecule has 1 nitrogen and oxygen atoms in total. The highest BCUT2D eigenvalue weighted by molar-refractivity contribution is 6.78. The Morgan fingerprint density at radius 3 is 2.29 bits per heavy atom. The molecule has 0 amide bonds. The van der Waals surface area contributed by atoms with Gasteiger partial charge in [-0.3, -0.25) is 0 Å². The zero-order valence-electron chi connectivity index (χ0n) is 10.2. The van der Waals surface area contributed by atoms with Gasteiger partial charge in [0.25, 0.3) is 5.55 Å². The van der Waals surface area contributed by atoms with Crippen molar-refractivity contribution in [3.05, 3.63) is 42.1 Å². The van der Waals surface area contributed by atoms with Crippen LogP contribution < -0.4 is 0 Å². The molecule has 0 spiro atoms. The van der Waals surface area contributed by atoms with Crippen LogP contribution >= 0.6 is 0 Å². The number of hydrogen-bond donors (Lipinski definition) is 0. The lowest BCUT2D eigenvalue weighted by Gasteiger charge is -2.28. The van der Waals surface area contributed by atoms with Crippen LogP contribution in [0.2, 0.25) is 19.6 Å². The van der Waals surface area contributed by atoms with E-state index >= 15 is 0 Å². The Bertz CT molecular complexity index is 546. The molecule has 0 fully saturated rings. The summed E-state index contributed by atoms with van der Waals surface area (Å²) in [6.45, 7) is 4.97. The molecule has 0 N–H and O–H groups in total. The lowest BCUT2D eigenvalue weighted by Crippen LogP contribution is -2.43. The molecule has 0 radical (unpaired) electrons. The highest BCUT2D eigenvalue weighted by Gasteiger charge is 2.47. The molecule has 1 aromatic carbocycles. The minimum atomic E-state index is -2.79. The number of nitrogens with zero attached hydrogens (tertiary/aromatic N) is 1. The number of pyridine rings is 1. The van der Waals surface area contributed by atoms with Crippen LogP contribution in [0.1, 0.15) is 5.69 Å². The monoisotopic (exact) mass is 251 g/mol. The average Bonchev–Trinajstić information content (AvgIpc) is 2.27. The first-order chi connectivity index (χ1) is 7.82. The van der Waals surface area contributed by atoms with E-state index in [0.717, 1.165) is 5.39 Å². The number of halogens is 2. The third kappa shape index (κ3) is 2.09. The van der Waals surface area contributed by atoms with Gasteiger partial charge in [0.2, 0.25) is 0 Å². The van der Waals surface area contributed by atoms with Crippen molar-refractivity contribution >= 4 is 19.0 Å². The van der Waals surface area contributed by atoms with E-state index in [1.165, 1.54) is 6.07 Å². The van der Waals surface area contributed by atoms with E-state index in [9.17, 15) is 8.78 Å². The fourth-order valence-electron chi connectivity index (χ4n) is 1.63. The Kier molecular flexibility index (Phi) is 2.77. The summed E-state index contributed by atoms with van der Waals surface area (Å²) in [5.41, 5.74) is -2.27. The van der Waals surface area contributed by atoms with Gasteiger partial charge in [-0.15, -0.1) is 0 Å². The van der Waals surface area contributed by atoms with Gasteiger partial charge < -0.3 is 0 Å². The van der Waals surface area contributed by atoms with Gasteiger partial charge >= 0.3 is 0 Å². The number of hydrogen-bond acceptors (Lipinski definition) is 1. The van der Waals surface area contributed by atoms with Crippen molar-refractivity contribution in [3.63, 3.8) is 0 Å². The van der Waals surface area contributed by atoms with Crippen molar-refractivity contribution in [2.75, 3.05) is 0 Å². The molecule has 0 saturated carbocycles. The number of aromatic nitrogens is 1. The third-order valence-electron chi connectivity index (χ3n) is 2.86. The minimum Gasteiger partial charge on any atom is -0.247 e. The van der Waals surface area contributed by atoms with Gasteiger partial charge in [-0.05, 0) is 12.1 Å². The Balaban J connectivity index is 2.57. The Morgan fingerprint density at radius 1 is 1.00 bits per heavy atom. The summed E-state index contributed by atoms with van der Waals surface area (Å²) in [5, 5.41) is 0.891. The largest absolute Gasteiger partial charge is 0.269 e. The second-order valence-electron chi connectivity index (χ2n) is 5.21. The van der Waals surface area contributed by atoms with Crippen molar-refractivity contribution < 1.29 is 8.78 Å². The molecule has 0 saturated heterocycles. The predicted molar refractivity (Wildman–Crippen MR) is 69.0 cm³/mol. The maximum atomic E-state index is 14.2. The smallest absolute Gasteiger partial charge is 0.247 e. The predicted octanol–water partition coefficient (Wildman–Crippen LogP) is 4.20. The second kappa shape index (κ2) is 3.87. The molecule has 0 unspecified atom stereocenters. The van der Waals surface area contributed by atoms with Crippen molar-refractivity contribution in [1.29, 1.82) is 0 Å². The number of benzene rings is 1. The van der Waals surface area contributed by atoms with Crippen LogP contribution in [0.4, 0.5) is 8.78 Å². The van der Waals surface area contributed by atoms with E-state index in [-0.39, 0.29) is 5.69 Å². The molecule has 90 valence electrons. The Morgan fingerprint density at radius 2 is 1.65 bits per heavy atom. The number of alkyl halides is 2. The number of para-hydroxylation sites is 1. The lowest BCUT2D eigenvalue weighted by molar-refractivity contribution is 0.0749. The zero-order chi connectivity index (χ0) is 12.7. The first-order valence-electron chi connectivity index (χ1n) is 5.56. The molecule has 0 aliphatic rings. The average molecular weight is 251 g/mol. The van der Waals surface area contributed by atoms with E-state index in [2.05, 4.69) is 4.98 Å². The zero-order valence-corrected chi connectivity index (χ0v) is 11.2. The topological polar surface area (TPSA) is 12.9 Å². The van der Waals surface area contributed by atoms with Crippen LogP contribution in [0.5, 0.6) is 0 Å². The summed E-state index contributed by atoms with van der Waals surface area (Å²) in [5.74, 6) is 0. The maximum absolute atomic E-state index is 14.2. The molecule has 0 aliphatic carbocycles. The van der Waals surface area contributed by atoms with Crippen LogP contribution in [0, 0.1) is 0 Å². The maximum Gasteiger partial charge on any atom is 0.269 e. The molecular formula is C13H15F2NSi. The highest BCUT2D eigenvalue weighted by Crippen LogP contribution is 2.36. The van der Waals surface area contributed by atoms with Gasteiger partial charge in [0, 0.05) is 5.39 Å². The van der Waals surface area contributed by atoms with E-state index in [1.807, 2.05) is 18.2 Å². The van der Waals surface area contributed by atoms with E-state index in [4.69, 9.17) is 0 Å². The molecule has 0 bridgehead atoms. The van der Waals surface area contributed by atoms with Crippen LogP contribution in [-0.2, 0) is 5.55 Å². The summed E-state index contributed by atoms with van der Waals surface area (Å²) >= 11 is 0. The number of fused-ring (bicyclic) bond motifs is 1. The van der Waals surface area contributed by atoms with Crippen molar-refractivity contribution in [3.8, 4) is 0 Å². The van der Waals surface area contributed by atoms with Crippen LogP contribution in [-0.4, -0.2) is 13.1 Å². The Labute approximate surface area is 101 Å². The fraction of sp³-hybridized carbons (Fsp3) is 0.308. The molecule has 1 heterocycles. The first-order valence-corrected chi connectivity index (χ1v) is 9.06. The summed E-state index contributed by atoms with van der Waals surface area (Å²) in [6, 6.07) is 10.5. The standard InChI is InChI=1S/C13H15F2NSi/c1-17(2,3)13(14,15)12-9-8-10-6-4-5-7-11(10)16-12/h4-9H,1-3H3. The van der Waals surface area contributed by atoms with Gasteiger partial charge in [0.15, 0.2) is 0 Å². The second-order valence-corrected chi connectivity index (χ2v) is 10.3. The summed E-state index contributed by atoms with van der Waals surface area (Å²) in [4.78, 5) is 4.10. The van der Waals surface area contributed by atoms with Gasteiger partial charge in [-0.1, -0.05) is 43.9 Å². The van der Waals surface area contributed by atoms with Crippen molar-refractivity contribution in [1.82, 2.24) is 4.98 Å². The van der Waals surface area contributed by atoms with Crippen LogP contribution in [0.3, 0.4) is 0 Å². The molecule has 2 aromatic rings. The van der Waals surface area contributed by atoms with Gasteiger partial charge in [0.05, 0.1) is 5.52 Å². The van der Waals surface area contributed by atoms with E-state index in [0.29, 0.717) is 5.52 Å². The van der Waals surface area contributed by atoms with Crippen molar-refractivity contribution in [2.45, 2.75) is 25.2 Å². The van der Waals surface area contributed by atoms with E-state index in [1.54, 1.807) is 31.8 Å². The molecule has 4 heteroatoms. The molecular weight excluding hydrogens is 236 g/mol. The SMILES string of the molecule is C[Si](C)(C)C(F)(F)c1ccc2ccccc2n1. The minimum absolute atomic E-state index is 0.102. The first kappa shape index (κ1) is 12.2. The molecule has 0 aliphatic heterocycles. The summed E-state index contributed by atoms with van der Waals surface area (Å²) < 4.78 is 28.4. The summed E-state index contributed by atoms with van der Waals surface area (Å²) in [6.07, 6.45) is 0. The van der Waals surface area contributed by atoms with Crippen molar-refractivity contribution in [2.24, 2.45) is 0 Å². The van der Waals surface area contributed by atoms with E-state index < -0.39 is 13.6 Å². The third-order valence-corrected chi connectivity index (χ3v) is 5.00. The highest BCUT2D eigenvalue weighted by atomic mass is 28.3. The van der Waals surface area contributed by atoms with Crippen LogP contribution in [0.25, 0.3) is 10.9 Å². The quantitative estimate of drug-likeness (QED) is 0.729. The summed E-state index contributed by atoms with van der Waals surface area (Å²) in [7, 11) is -2.61. The molecule has 1 aromatic heterocycles. The Hall–Kier alpha value is -1.29. The number of rotatable bonds is 2. The fourth-order valence-corrected chi connectivity index (χ4v) is 2.53. The van der Waals surface area contributed by atoms with Gasteiger partial charge in [-0.2, -0.15) is 0 Å². The lowest BCUT2D eigenvalue weighted by atomic mass is 10.2. The molecule has 2 rings (SSSR count). The van der Waals surface area contributed by atoms with Gasteiger partial charge in [-0.25, -0.2) is 13.8 Å². The van der Waals surface area contributed by atoms with Crippen LogP contribution in [0.15, 0.2) is 36.4 Å². The molecule has 0 atom stereocenters. The molecule has 17 heavy (non-hydrogen) atoms. The van der Waals surface area contributed by atoms with Gasteiger partial charge in [0.1, 0.15) is 13.8 Å². The normalized spacial score (nSPS) is 13.0.